The molecule has 1 saturated heterocycles. The smallest absolute Gasteiger partial charge is 0.192 e. The van der Waals surface area contributed by atoms with E-state index in [0.717, 1.165) is 37.5 Å². The van der Waals surface area contributed by atoms with Crippen molar-refractivity contribution < 1.29 is 8.82 Å². The SMILES string of the molecule is CC(C)(C)[Si](C)(C)OC1CC2(C1)CC(N1CCC(c3ccc(N)cc3F)CC1)C2. The molecule has 0 bridgehead atoms. The summed E-state index contributed by atoms with van der Waals surface area (Å²) in [6.45, 7) is 13.9. The first-order chi connectivity index (χ1) is 13.5. The third kappa shape index (κ3) is 4.15. The molecule has 0 aromatic heterocycles. The summed E-state index contributed by atoms with van der Waals surface area (Å²) >= 11 is 0. The molecule has 2 N–H and O–H groups in total. The van der Waals surface area contributed by atoms with E-state index in [1.807, 2.05) is 12.1 Å². The van der Waals surface area contributed by atoms with Crippen molar-refractivity contribution in [3.05, 3.63) is 29.6 Å². The lowest BCUT2D eigenvalue weighted by Crippen LogP contribution is -2.60. The van der Waals surface area contributed by atoms with Gasteiger partial charge in [-0.15, -0.1) is 0 Å². The summed E-state index contributed by atoms with van der Waals surface area (Å²) in [6, 6.07) is 5.93. The van der Waals surface area contributed by atoms with E-state index in [1.165, 1.54) is 31.7 Å². The Morgan fingerprint density at radius 3 is 2.28 bits per heavy atom. The van der Waals surface area contributed by atoms with Crippen LogP contribution in [0.1, 0.15) is 70.8 Å². The molecule has 4 rings (SSSR count). The number of likely N-dealkylation sites (tertiary alicyclic amines) is 1. The van der Waals surface area contributed by atoms with Gasteiger partial charge in [-0.1, -0.05) is 26.8 Å². The van der Waals surface area contributed by atoms with Crippen LogP contribution in [0.5, 0.6) is 0 Å². The monoisotopic (exact) mass is 418 g/mol. The first kappa shape index (κ1) is 21.3. The maximum absolute atomic E-state index is 14.2. The molecule has 0 atom stereocenters. The average Bonchev–Trinajstić information content (AvgIpc) is 2.55. The third-order valence-electron chi connectivity index (χ3n) is 8.44. The largest absolute Gasteiger partial charge is 0.414 e. The molecule has 3 nitrogen and oxygen atoms in total. The lowest BCUT2D eigenvalue weighted by molar-refractivity contribution is -0.120. The van der Waals surface area contributed by atoms with E-state index in [0.29, 0.717) is 28.2 Å². The number of rotatable bonds is 4. The molecule has 1 aromatic rings. The molecule has 29 heavy (non-hydrogen) atoms. The van der Waals surface area contributed by atoms with Crippen molar-refractivity contribution in [1.82, 2.24) is 4.90 Å². The second kappa shape index (κ2) is 7.35. The number of benzene rings is 1. The van der Waals surface area contributed by atoms with Crippen molar-refractivity contribution in [3.8, 4) is 0 Å². The van der Waals surface area contributed by atoms with Crippen LogP contribution in [0.2, 0.25) is 18.1 Å². The molecule has 162 valence electrons. The van der Waals surface area contributed by atoms with E-state index in [2.05, 4.69) is 38.8 Å². The first-order valence-corrected chi connectivity index (χ1v) is 14.4. The van der Waals surface area contributed by atoms with Crippen molar-refractivity contribution in [2.24, 2.45) is 5.41 Å². The van der Waals surface area contributed by atoms with Gasteiger partial charge in [-0.3, -0.25) is 0 Å². The number of hydrogen-bond acceptors (Lipinski definition) is 3. The second-order valence-corrected chi connectivity index (χ2v) is 16.3. The van der Waals surface area contributed by atoms with Crippen LogP contribution >= 0.6 is 0 Å². The number of halogens is 1. The van der Waals surface area contributed by atoms with E-state index in [1.54, 1.807) is 0 Å². The van der Waals surface area contributed by atoms with Gasteiger partial charge in [0.1, 0.15) is 5.82 Å². The number of nitrogens with zero attached hydrogens (tertiary/aromatic N) is 1. The summed E-state index contributed by atoms with van der Waals surface area (Å²) in [5.74, 6) is 0.209. The molecule has 5 heteroatoms. The van der Waals surface area contributed by atoms with Gasteiger partial charge in [-0.2, -0.15) is 0 Å². The van der Waals surface area contributed by atoms with Crippen LogP contribution in [0.3, 0.4) is 0 Å². The van der Waals surface area contributed by atoms with Gasteiger partial charge in [0.25, 0.3) is 0 Å². The second-order valence-electron chi connectivity index (χ2n) is 11.6. The molecule has 1 spiro atoms. The maximum atomic E-state index is 14.2. The zero-order valence-electron chi connectivity index (χ0n) is 18.9. The Labute approximate surface area is 177 Å². The van der Waals surface area contributed by atoms with Crippen LogP contribution in [0.15, 0.2) is 18.2 Å². The minimum absolute atomic E-state index is 0.131. The highest BCUT2D eigenvalue weighted by atomic mass is 28.4. The standard InChI is InChI=1S/C24H39FN2OSi/c1-23(2,3)29(4,5)28-20-15-24(16-20)13-19(14-24)27-10-8-17(9-11-27)21-7-6-18(26)12-22(21)25/h6-7,12,17,19-20H,8-11,13-16,26H2,1-5H3. The van der Waals surface area contributed by atoms with Gasteiger partial charge in [0.05, 0.1) is 0 Å². The van der Waals surface area contributed by atoms with Gasteiger partial charge in [-0.25, -0.2) is 4.39 Å². The van der Waals surface area contributed by atoms with Crippen molar-refractivity contribution >= 4 is 14.0 Å². The summed E-state index contributed by atoms with van der Waals surface area (Å²) in [7, 11) is -1.64. The van der Waals surface area contributed by atoms with E-state index in [4.69, 9.17) is 10.2 Å². The van der Waals surface area contributed by atoms with E-state index >= 15 is 0 Å². The maximum Gasteiger partial charge on any atom is 0.192 e. The highest BCUT2D eigenvalue weighted by Crippen LogP contribution is 2.59. The molecule has 1 aromatic carbocycles. The molecular formula is C24H39FN2OSi. The lowest BCUT2D eigenvalue weighted by Gasteiger charge is -2.61. The van der Waals surface area contributed by atoms with Crippen LogP contribution in [0.25, 0.3) is 0 Å². The summed E-state index contributed by atoms with van der Waals surface area (Å²) in [5.41, 5.74) is 7.63. The Kier molecular flexibility index (Phi) is 5.40. The highest BCUT2D eigenvalue weighted by Gasteiger charge is 2.56. The van der Waals surface area contributed by atoms with Gasteiger partial charge in [0.15, 0.2) is 8.32 Å². The van der Waals surface area contributed by atoms with Gasteiger partial charge < -0.3 is 15.1 Å². The Morgan fingerprint density at radius 1 is 1.10 bits per heavy atom. The molecule has 2 aliphatic carbocycles. The minimum Gasteiger partial charge on any atom is -0.414 e. The fourth-order valence-electron chi connectivity index (χ4n) is 5.56. The number of nitrogens with two attached hydrogens (primary N) is 1. The quantitative estimate of drug-likeness (QED) is 0.487. The normalized spacial score (nSPS) is 31.5. The Bertz CT molecular complexity index is 738. The predicted molar refractivity (Wildman–Crippen MR) is 121 cm³/mol. The third-order valence-corrected chi connectivity index (χ3v) is 13.0. The molecule has 0 radical (unpaired) electrons. The summed E-state index contributed by atoms with van der Waals surface area (Å²) in [4.78, 5) is 2.67. The van der Waals surface area contributed by atoms with Crippen molar-refractivity contribution in [1.29, 1.82) is 0 Å². The molecule has 1 heterocycles. The minimum atomic E-state index is -1.64. The van der Waals surface area contributed by atoms with Gasteiger partial charge in [-0.05, 0) is 98.8 Å². The highest BCUT2D eigenvalue weighted by molar-refractivity contribution is 6.74. The summed E-state index contributed by atoms with van der Waals surface area (Å²) in [6.07, 6.45) is 7.82. The molecule has 0 unspecified atom stereocenters. The fraction of sp³-hybridized carbons (Fsp3) is 0.750. The Balaban J connectivity index is 1.22. The fourth-order valence-corrected chi connectivity index (χ4v) is 6.92. The first-order valence-electron chi connectivity index (χ1n) is 11.4. The van der Waals surface area contributed by atoms with E-state index in [-0.39, 0.29) is 5.82 Å². The van der Waals surface area contributed by atoms with E-state index in [9.17, 15) is 4.39 Å². The summed E-state index contributed by atoms with van der Waals surface area (Å²) in [5, 5.41) is 0.298. The molecule has 1 aliphatic heterocycles. The number of nitrogen functional groups attached to an aromatic ring is 1. The van der Waals surface area contributed by atoms with Crippen LogP contribution in [-0.2, 0) is 4.43 Å². The zero-order valence-corrected chi connectivity index (χ0v) is 19.9. The molecular weight excluding hydrogens is 379 g/mol. The predicted octanol–water partition coefficient (Wildman–Crippen LogP) is 5.92. The van der Waals surface area contributed by atoms with Crippen molar-refractivity contribution in [2.75, 3.05) is 18.8 Å². The van der Waals surface area contributed by atoms with Crippen molar-refractivity contribution in [3.63, 3.8) is 0 Å². The van der Waals surface area contributed by atoms with E-state index < -0.39 is 8.32 Å². The van der Waals surface area contributed by atoms with Crippen LogP contribution in [-0.4, -0.2) is 38.5 Å². The number of hydrogen-bond donors (Lipinski definition) is 1. The molecule has 0 amide bonds. The van der Waals surface area contributed by atoms with Gasteiger partial charge in [0.2, 0.25) is 0 Å². The Hall–Kier alpha value is -0.913. The van der Waals surface area contributed by atoms with Crippen LogP contribution in [0.4, 0.5) is 10.1 Å². The van der Waals surface area contributed by atoms with Crippen LogP contribution in [0, 0.1) is 11.2 Å². The van der Waals surface area contributed by atoms with Gasteiger partial charge in [0, 0.05) is 17.8 Å². The average molecular weight is 419 g/mol. The zero-order chi connectivity index (χ0) is 21.0. The van der Waals surface area contributed by atoms with Gasteiger partial charge >= 0.3 is 0 Å². The van der Waals surface area contributed by atoms with Crippen LogP contribution < -0.4 is 5.73 Å². The molecule has 3 aliphatic rings. The molecule has 2 saturated carbocycles. The van der Waals surface area contributed by atoms with Crippen molar-refractivity contribution in [2.45, 2.75) is 95.5 Å². The number of anilines is 1. The number of piperidine rings is 1. The topological polar surface area (TPSA) is 38.5 Å². The molecule has 3 fully saturated rings. The Morgan fingerprint density at radius 2 is 1.72 bits per heavy atom. The summed E-state index contributed by atoms with van der Waals surface area (Å²) < 4.78 is 20.9. The lowest BCUT2D eigenvalue weighted by atomic mass is 9.52.